The Bertz CT molecular complexity index is 1060. The molecule has 0 radical (unpaired) electrons. The highest BCUT2D eigenvalue weighted by molar-refractivity contribution is 7.15. The van der Waals surface area contributed by atoms with Crippen LogP contribution in [0.25, 0.3) is 0 Å². The van der Waals surface area contributed by atoms with Gasteiger partial charge < -0.3 is 0 Å². The molecule has 1 aliphatic heterocycles. The highest BCUT2D eigenvalue weighted by Gasteiger charge is 2.42. The first-order valence-electron chi connectivity index (χ1n) is 9.72. The summed E-state index contributed by atoms with van der Waals surface area (Å²) >= 11 is 1.30. The van der Waals surface area contributed by atoms with Crippen molar-refractivity contribution in [2.75, 3.05) is 5.32 Å². The summed E-state index contributed by atoms with van der Waals surface area (Å²) in [6, 6.07) is 14.9. The van der Waals surface area contributed by atoms with Gasteiger partial charge in [0.2, 0.25) is 11.0 Å². The number of hydrogen-bond acceptors (Lipinski definition) is 6. The van der Waals surface area contributed by atoms with E-state index >= 15 is 0 Å². The Morgan fingerprint density at radius 2 is 1.63 bits per heavy atom. The van der Waals surface area contributed by atoms with Crippen LogP contribution in [0.15, 0.2) is 54.6 Å². The number of rotatable bonds is 7. The summed E-state index contributed by atoms with van der Waals surface area (Å²) in [5.41, 5.74) is 1.47. The molecule has 0 saturated carbocycles. The van der Waals surface area contributed by atoms with Crippen LogP contribution in [0.4, 0.5) is 5.13 Å². The molecule has 1 atom stereocenters. The van der Waals surface area contributed by atoms with Gasteiger partial charge in [0.05, 0.1) is 11.1 Å². The second kappa shape index (κ2) is 8.54. The summed E-state index contributed by atoms with van der Waals surface area (Å²) in [4.78, 5) is 40.2. The summed E-state index contributed by atoms with van der Waals surface area (Å²) < 4.78 is 0. The number of carbonyl (C=O) groups excluding carboxylic acids is 3. The highest BCUT2D eigenvalue weighted by Crippen LogP contribution is 2.27. The first-order valence-corrected chi connectivity index (χ1v) is 10.5. The molecule has 1 N–H and O–H groups in total. The molecule has 8 heteroatoms. The zero-order chi connectivity index (χ0) is 21.1. The molecule has 3 aromatic rings. The Hall–Kier alpha value is -3.39. The molecule has 0 spiro atoms. The molecule has 2 aromatic carbocycles. The van der Waals surface area contributed by atoms with Gasteiger partial charge in [-0.3, -0.25) is 24.6 Å². The van der Waals surface area contributed by atoms with E-state index in [1.54, 1.807) is 24.3 Å². The van der Waals surface area contributed by atoms with Crippen molar-refractivity contribution in [1.29, 1.82) is 0 Å². The van der Waals surface area contributed by atoms with Crippen LogP contribution in [0.1, 0.15) is 44.6 Å². The number of nitrogens with zero attached hydrogens (tertiary/aromatic N) is 3. The first kappa shape index (κ1) is 19.9. The quantitative estimate of drug-likeness (QED) is 0.592. The van der Waals surface area contributed by atoms with Crippen molar-refractivity contribution in [2.45, 2.75) is 32.2 Å². The highest BCUT2D eigenvalue weighted by atomic mass is 32.1. The van der Waals surface area contributed by atoms with Crippen LogP contribution in [0, 0.1) is 0 Å². The van der Waals surface area contributed by atoms with Gasteiger partial charge in [0.1, 0.15) is 11.0 Å². The Morgan fingerprint density at radius 3 is 2.27 bits per heavy atom. The molecular formula is C22H20N4O3S. The average molecular weight is 420 g/mol. The molecule has 1 aliphatic rings. The molecule has 2 heterocycles. The summed E-state index contributed by atoms with van der Waals surface area (Å²) in [7, 11) is 0. The molecule has 3 amide bonds. The summed E-state index contributed by atoms with van der Waals surface area (Å²) in [6.45, 7) is 2.04. The van der Waals surface area contributed by atoms with Crippen LogP contribution in [0.3, 0.4) is 0 Å². The number of aromatic nitrogens is 2. The molecule has 0 saturated heterocycles. The van der Waals surface area contributed by atoms with E-state index in [-0.39, 0.29) is 6.42 Å². The van der Waals surface area contributed by atoms with Crippen LogP contribution in [-0.4, -0.2) is 38.9 Å². The number of nitrogens with one attached hydrogen (secondary N) is 1. The zero-order valence-corrected chi connectivity index (χ0v) is 17.2. The SMILES string of the molecule is CCCc1nnc(NC(=O)C(Cc2ccccc2)N2C(=O)c3ccccc3C2=O)s1. The number of aryl methyl sites for hydroxylation is 1. The van der Waals surface area contributed by atoms with E-state index in [9.17, 15) is 14.4 Å². The molecule has 0 aliphatic carbocycles. The summed E-state index contributed by atoms with van der Waals surface area (Å²) in [5, 5.41) is 12.0. The number of fused-ring (bicyclic) bond motifs is 1. The average Bonchev–Trinajstić information content (AvgIpc) is 3.30. The van der Waals surface area contributed by atoms with Crippen LogP contribution in [0.2, 0.25) is 0 Å². The topological polar surface area (TPSA) is 92.3 Å². The van der Waals surface area contributed by atoms with E-state index in [2.05, 4.69) is 15.5 Å². The third-order valence-corrected chi connectivity index (χ3v) is 5.77. The third-order valence-electron chi connectivity index (χ3n) is 4.87. The van der Waals surface area contributed by atoms with Crippen molar-refractivity contribution in [2.24, 2.45) is 0 Å². The molecule has 0 fully saturated rings. The standard InChI is InChI=1S/C22H20N4O3S/c1-2-8-18-24-25-22(30-18)23-19(27)17(13-14-9-4-3-5-10-14)26-20(28)15-11-6-7-12-16(15)21(26)29/h3-7,9-12,17H,2,8,13H2,1H3,(H,23,25,27). The fourth-order valence-corrected chi connectivity index (χ4v) is 4.28. The fraction of sp³-hybridized carbons (Fsp3) is 0.227. The zero-order valence-electron chi connectivity index (χ0n) is 16.4. The summed E-state index contributed by atoms with van der Waals surface area (Å²) in [5.74, 6) is -1.39. The number of imide groups is 1. The first-order chi connectivity index (χ1) is 14.6. The lowest BCUT2D eigenvalue weighted by Crippen LogP contribution is -2.48. The van der Waals surface area contributed by atoms with Crippen LogP contribution in [0.5, 0.6) is 0 Å². The minimum atomic E-state index is -1.00. The molecule has 4 rings (SSSR count). The number of benzene rings is 2. The van der Waals surface area contributed by atoms with E-state index in [4.69, 9.17) is 0 Å². The fourth-order valence-electron chi connectivity index (χ4n) is 3.44. The molecule has 7 nitrogen and oxygen atoms in total. The molecule has 30 heavy (non-hydrogen) atoms. The Labute approximate surface area is 177 Å². The van der Waals surface area contributed by atoms with E-state index in [1.807, 2.05) is 37.3 Å². The second-order valence-electron chi connectivity index (χ2n) is 6.97. The molecule has 1 aromatic heterocycles. The van der Waals surface area contributed by atoms with Crippen molar-refractivity contribution in [1.82, 2.24) is 15.1 Å². The molecule has 0 bridgehead atoms. The Kier molecular flexibility index (Phi) is 5.67. The van der Waals surface area contributed by atoms with Gasteiger partial charge in [-0.05, 0) is 24.1 Å². The van der Waals surface area contributed by atoms with Gasteiger partial charge in [-0.2, -0.15) is 0 Å². The van der Waals surface area contributed by atoms with E-state index in [0.717, 1.165) is 28.3 Å². The number of amides is 3. The van der Waals surface area contributed by atoms with E-state index in [1.165, 1.54) is 11.3 Å². The van der Waals surface area contributed by atoms with Gasteiger partial charge in [0.15, 0.2) is 0 Å². The van der Waals surface area contributed by atoms with Gasteiger partial charge in [0.25, 0.3) is 11.8 Å². The van der Waals surface area contributed by atoms with Crippen LogP contribution in [-0.2, 0) is 17.6 Å². The molecular weight excluding hydrogens is 400 g/mol. The maximum absolute atomic E-state index is 13.2. The van der Waals surface area contributed by atoms with E-state index < -0.39 is 23.8 Å². The lowest BCUT2D eigenvalue weighted by Gasteiger charge is -2.25. The lowest BCUT2D eigenvalue weighted by atomic mass is 10.0. The van der Waals surface area contributed by atoms with Gasteiger partial charge in [-0.1, -0.05) is 60.7 Å². The number of anilines is 1. The third kappa shape index (κ3) is 3.86. The second-order valence-corrected chi connectivity index (χ2v) is 8.03. The predicted molar refractivity (Wildman–Crippen MR) is 113 cm³/mol. The van der Waals surface area contributed by atoms with Gasteiger partial charge >= 0.3 is 0 Å². The largest absolute Gasteiger partial charge is 0.299 e. The molecule has 1 unspecified atom stereocenters. The van der Waals surface area contributed by atoms with Crippen molar-refractivity contribution in [3.05, 3.63) is 76.3 Å². The van der Waals surface area contributed by atoms with Crippen molar-refractivity contribution in [3.63, 3.8) is 0 Å². The smallest absolute Gasteiger partial charge is 0.262 e. The van der Waals surface area contributed by atoms with Crippen molar-refractivity contribution >= 4 is 34.2 Å². The predicted octanol–water partition coefficient (Wildman–Crippen LogP) is 3.34. The minimum absolute atomic E-state index is 0.207. The Balaban J connectivity index is 1.63. The Morgan fingerprint density at radius 1 is 1.00 bits per heavy atom. The van der Waals surface area contributed by atoms with Gasteiger partial charge in [0, 0.05) is 12.8 Å². The minimum Gasteiger partial charge on any atom is -0.299 e. The lowest BCUT2D eigenvalue weighted by molar-refractivity contribution is -0.119. The number of hydrogen-bond donors (Lipinski definition) is 1. The van der Waals surface area contributed by atoms with Crippen LogP contribution >= 0.6 is 11.3 Å². The monoisotopic (exact) mass is 420 g/mol. The number of carbonyl (C=O) groups is 3. The van der Waals surface area contributed by atoms with Gasteiger partial charge in [-0.15, -0.1) is 10.2 Å². The van der Waals surface area contributed by atoms with Gasteiger partial charge in [-0.25, -0.2) is 0 Å². The maximum Gasteiger partial charge on any atom is 0.262 e. The summed E-state index contributed by atoms with van der Waals surface area (Å²) in [6.07, 6.45) is 1.91. The van der Waals surface area contributed by atoms with Crippen molar-refractivity contribution in [3.8, 4) is 0 Å². The maximum atomic E-state index is 13.2. The normalized spacial score (nSPS) is 14.0. The van der Waals surface area contributed by atoms with Crippen LogP contribution < -0.4 is 5.32 Å². The molecule has 152 valence electrons. The van der Waals surface area contributed by atoms with E-state index in [0.29, 0.717) is 16.3 Å². The van der Waals surface area contributed by atoms with Crippen molar-refractivity contribution < 1.29 is 14.4 Å².